The van der Waals surface area contributed by atoms with E-state index in [1.54, 1.807) is 0 Å². The van der Waals surface area contributed by atoms with E-state index < -0.39 is 27.4 Å². The first-order valence-electron chi connectivity index (χ1n) is 6.86. The van der Waals surface area contributed by atoms with E-state index in [1.165, 1.54) is 24.3 Å². The lowest BCUT2D eigenvalue weighted by Crippen LogP contribution is -2.29. The Balaban J connectivity index is 1.73. The third-order valence-corrected chi connectivity index (χ3v) is 5.29. The molecule has 3 aromatic rings. The van der Waals surface area contributed by atoms with E-state index in [-0.39, 0.29) is 21.1 Å². The summed E-state index contributed by atoms with van der Waals surface area (Å²) in [4.78, 5) is 16.1. The number of thiazole rings is 1. The Hall–Kier alpha value is -2.59. The number of hydrogen-bond donors (Lipinski definition) is 2. The van der Waals surface area contributed by atoms with Crippen molar-refractivity contribution in [2.45, 2.75) is 4.90 Å². The van der Waals surface area contributed by atoms with Gasteiger partial charge >= 0.3 is 0 Å². The molecule has 25 heavy (non-hydrogen) atoms. The van der Waals surface area contributed by atoms with Crippen molar-refractivity contribution in [3.8, 4) is 0 Å². The van der Waals surface area contributed by atoms with Crippen molar-refractivity contribution in [1.82, 2.24) is 10.4 Å². The molecule has 6 nitrogen and oxygen atoms in total. The second kappa shape index (κ2) is 6.37. The van der Waals surface area contributed by atoms with Gasteiger partial charge in [0.25, 0.3) is 5.91 Å². The van der Waals surface area contributed by atoms with Crippen molar-refractivity contribution >= 4 is 42.4 Å². The van der Waals surface area contributed by atoms with E-state index in [2.05, 4.69) is 15.8 Å². The largest absolute Gasteiger partial charge is 0.273 e. The van der Waals surface area contributed by atoms with Gasteiger partial charge in [0.15, 0.2) is 15.7 Å². The van der Waals surface area contributed by atoms with E-state index in [0.29, 0.717) is 4.70 Å². The SMILES string of the molecule is CS(=O)(=O)c1ccc(C(=O)NNc2nc3c(F)cc(F)cc3s2)cc1. The molecule has 0 bridgehead atoms. The van der Waals surface area contributed by atoms with Crippen LogP contribution in [0.15, 0.2) is 41.3 Å². The number of carbonyl (C=O) groups is 1. The second-order valence-corrected chi connectivity index (χ2v) is 8.18. The fourth-order valence-electron chi connectivity index (χ4n) is 2.05. The molecule has 3 rings (SSSR count). The van der Waals surface area contributed by atoms with Crippen LogP contribution in [0.4, 0.5) is 13.9 Å². The number of nitrogens with one attached hydrogen (secondary N) is 2. The molecule has 0 atom stereocenters. The summed E-state index contributed by atoms with van der Waals surface area (Å²) in [5, 5.41) is 0.181. The first-order chi connectivity index (χ1) is 11.7. The molecular weight excluding hydrogens is 372 g/mol. The molecule has 1 heterocycles. The fourth-order valence-corrected chi connectivity index (χ4v) is 3.54. The standard InChI is InChI=1S/C15H11F2N3O3S2/c1-25(22,23)10-4-2-8(3-5-10)14(21)19-20-15-18-13-11(17)6-9(16)7-12(13)24-15/h2-7H,1H3,(H,18,20)(H,19,21). The molecule has 0 radical (unpaired) electrons. The Bertz CT molecular complexity index is 1060. The Morgan fingerprint density at radius 2 is 1.84 bits per heavy atom. The summed E-state index contributed by atoms with van der Waals surface area (Å²) in [7, 11) is -3.34. The van der Waals surface area contributed by atoms with Crippen LogP contribution in [0.25, 0.3) is 10.2 Å². The molecule has 0 spiro atoms. The van der Waals surface area contributed by atoms with Gasteiger partial charge in [-0.3, -0.25) is 15.6 Å². The summed E-state index contributed by atoms with van der Waals surface area (Å²) in [6.45, 7) is 0. The van der Waals surface area contributed by atoms with E-state index in [4.69, 9.17) is 0 Å². The zero-order valence-electron chi connectivity index (χ0n) is 12.7. The molecule has 0 unspecified atom stereocenters. The van der Waals surface area contributed by atoms with Crippen LogP contribution in [0.3, 0.4) is 0 Å². The van der Waals surface area contributed by atoms with Crippen molar-refractivity contribution in [2.75, 3.05) is 11.7 Å². The minimum atomic E-state index is -3.34. The van der Waals surface area contributed by atoms with E-state index in [0.717, 1.165) is 29.7 Å². The molecule has 10 heteroatoms. The van der Waals surface area contributed by atoms with Gasteiger partial charge in [0, 0.05) is 17.9 Å². The van der Waals surface area contributed by atoms with Crippen LogP contribution in [0.5, 0.6) is 0 Å². The van der Waals surface area contributed by atoms with Crippen LogP contribution in [0.2, 0.25) is 0 Å². The molecular formula is C15H11F2N3O3S2. The summed E-state index contributed by atoms with van der Waals surface area (Å²) < 4.78 is 49.8. The summed E-state index contributed by atoms with van der Waals surface area (Å²) in [5.74, 6) is -2.04. The number of anilines is 1. The number of hydrazine groups is 1. The van der Waals surface area contributed by atoms with Crippen LogP contribution in [-0.2, 0) is 9.84 Å². The third-order valence-electron chi connectivity index (χ3n) is 3.24. The first-order valence-corrected chi connectivity index (χ1v) is 9.57. The van der Waals surface area contributed by atoms with Gasteiger partial charge in [-0.25, -0.2) is 22.2 Å². The first kappa shape index (κ1) is 17.2. The van der Waals surface area contributed by atoms with Crippen molar-refractivity contribution in [3.05, 3.63) is 53.6 Å². The van der Waals surface area contributed by atoms with Gasteiger partial charge in [-0.2, -0.15) is 0 Å². The normalized spacial score (nSPS) is 11.5. The molecule has 1 aromatic heterocycles. The van der Waals surface area contributed by atoms with E-state index >= 15 is 0 Å². The average molecular weight is 383 g/mol. The predicted molar refractivity (Wildman–Crippen MR) is 90.2 cm³/mol. The van der Waals surface area contributed by atoms with Crippen LogP contribution < -0.4 is 10.9 Å². The van der Waals surface area contributed by atoms with Crippen LogP contribution in [0.1, 0.15) is 10.4 Å². The summed E-state index contributed by atoms with van der Waals surface area (Å²) in [5.41, 5.74) is 5.11. The maximum atomic E-state index is 13.6. The van der Waals surface area contributed by atoms with Gasteiger partial charge < -0.3 is 0 Å². The number of nitrogens with zero attached hydrogens (tertiary/aromatic N) is 1. The smallest absolute Gasteiger partial charge is 0.269 e. The number of carbonyl (C=O) groups excluding carboxylic acids is 1. The van der Waals surface area contributed by atoms with Crippen molar-refractivity contribution in [3.63, 3.8) is 0 Å². The molecule has 0 aliphatic rings. The monoisotopic (exact) mass is 383 g/mol. The lowest BCUT2D eigenvalue weighted by Gasteiger charge is -2.06. The van der Waals surface area contributed by atoms with Gasteiger partial charge in [0.1, 0.15) is 11.3 Å². The molecule has 0 aliphatic heterocycles. The van der Waals surface area contributed by atoms with Gasteiger partial charge in [0.2, 0.25) is 5.13 Å². The van der Waals surface area contributed by atoms with Gasteiger partial charge in [-0.05, 0) is 30.3 Å². The molecule has 2 N–H and O–H groups in total. The number of halogens is 2. The second-order valence-electron chi connectivity index (χ2n) is 5.13. The number of rotatable bonds is 4. The highest BCUT2D eigenvalue weighted by Crippen LogP contribution is 2.28. The number of benzene rings is 2. The minimum Gasteiger partial charge on any atom is -0.273 e. The minimum absolute atomic E-state index is 0.000606. The summed E-state index contributed by atoms with van der Waals surface area (Å²) >= 11 is 0.972. The lowest BCUT2D eigenvalue weighted by atomic mass is 10.2. The van der Waals surface area contributed by atoms with Crippen molar-refractivity contribution < 1.29 is 22.0 Å². The highest BCUT2D eigenvalue weighted by molar-refractivity contribution is 7.90. The molecule has 0 saturated heterocycles. The Labute approximate surface area is 145 Å². The van der Waals surface area contributed by atoms with Gasteiger partial charge in [-0.1, -0.05) is 11.3 Å². The Morgan fingerprint density at radius 3 is 2.48 bits per heavy atom. The van der Waals surface area contributed by atoms with Crippen molar-refractivity contribution in [2.24, 2.45) is 0 Å². The van der Waals surface area contributed by atoms with Crippen LogP contribution >= 0.6 is 11.3 Å². The number of fused-ring (bicyclic) bond motifs is 1. The third kappa shape index (κ3) is 3.74. The average Bonchev–Trinajstić information content (AvgIpc) is 2.95. The zero-order valence-corrected chi connectivity index (χ0v) is 14.3. The molecule has 1 amide bonds. The number of hydrogen-bond acceptors (Lipinski definition) is 6. The van der Waals surface area contributed by atoms with E-state index in [9.17, 15) is 22.0 Å². The highest BCUT2D eigenvalue weighted by Gasteiger charge is 2.13. The Kier molecular flexibility index (Phi) is 4.39. The topological polar surface area (TPSA) is 88.2 Å². The van der Waals surface area contributed by atoms with Crippen LogP contribution in [-0.4, -0.2) is 25.6 Å². The number of sulfone groups is 1. The predicted octanol–water partition coefficient (Wildman–Crippen LogP) is 2.73. The maximum Gasteiger partial charge on any atom is 0.269 e. The lowest BCUT2D eigenvalue weighted by molar-refractivity contribution is 0.0962. The van der Waals surface area contributed by atoms with Crippen molar-refractivity contribution in [1.29, 1.82) is 0 Å². The van der Waals surface area contributed by atoms with Crippen LogP contribution in [0, 0.1) is 11.6 Å². The zero-order chi connectivity index (χ0) is 18.2. The van der Waals surface area contributed by atoms with Gasteiger partial charge in [-0.15, -0.1) is 0 Å². The quantitative estimate of drug-likeness (QED) is 0.677. The number of amides is 1. The Morgan fingerprint density at radius 1 is 1.16 bits per heavy atom. The molecule has 2 aromatic carbocycles. The number of aromatic nitrogens is 1. The molecule has 0 saturated carbocycles. The molecule has 130 valence electrons. The fraction of sp³-hybridized carbons (Fsp3) is 0.0667. The maximum absolute atomic E-state index is 13.6. The molecule has 0 aliphatic carbocycles. The van der Waals surface area contributed by atoms with Gasteiger partial charge in [0.05, 0.1) is 9.60 Å². The molecule has 0 fully saturated rings. The summed E-state index contributed by atoms with van der Waals surface area (Å²) in [6, 6.07) is 7.24. The summed E-state index contributed by atoms with van der Waals surface area (Å²) in [6.07, 6.45) is 1.07. The highest BCUT2D eigenvalue weighted by atomic mass is 32.2. The van der Waals surface area contributed by atoms with E-state index in [1.807, 2.05) is 0 Å².